The van der Waals surface area contributed by atoms with Gasteiger partial charge in [0.15, 0.2) is 5.65 Å². The van der Waals surface area contributed by atoms with Gasteiger partial charge in [0, 0.05) is 49.9 Å². The Balaban J connectivity index is 1.28. The van der Waals surface area contributed by atoms with Crippen LogP contribution >= 0.6 is 0 Å². The minimum atomic E-state index is -0.358. The van der Waals surface area contributed by atoms with Crippen LogP contribution in [0.3, 0.4) is 0 Å². The minimum absolute atomic E-state index is 0.147. The molecule has 0 spiro atoms. The lowest BCUT2D eigenvalue weighted by Crippen LogP contribution is -2.38. The van der Waals surface area contributed by atoms with E-state index >= 15 is 0 Å². The number of ether oxygens (including phenoxy) is 1. The van der Waals surface area contributed by atoms with Crippen LogP contribution in [0.4, 0.5) is 5.82 Å². The van der Waals surface area contributed by atoms with Gasteiger partial charge in [-0.1, -0.05) is 6.07 Å². The quantitative estimate of drug-likeness (QED) is 0.564. The molecule has 8 nitrogen and oxygen atoms in total. The molecule has 2 N–H and O–H groups in total. The van der Waals surface area contributed by atoms with Gasteiger partial charge in [-0.15, -0.1) is 5.10 Å². The summed E-state index contributed by atoms with van der Waals surface area (Å²) >= 11 is 0. The molecule has 0 saturated carbocycles. The molecule has 1 aliphatic rings. The zero-order valence-electron chi connectivity index (χ0n) is 15.9. The molecule has 0 unspecified atom stereocenters. The van der Waals surface area contributed by atoms with Gasteiger partial charge in [0.05, 0.1) is 5.52 Å². The third kappa shape index (κ3) is 3.37. The molecule has 4 aromatic rings. The van der Waals surface area contributed by atoms with Crippen molar-refractivity contribution in [2.75, 3.05) is 18.0 Å². The predicted molar refractivity (Wildman–Crippen MR) is 110 cm³/mol. The molecule has 1 saturated heterocycles. The largest absolute Gasteiger partial charge is 0.490 e. The van der Waals surface area contributed by atoms with E-state index in [2.05, 4.69) is 15.0 Å². The second-order valence-electron chi connectivity index (χ2n) is 7.32. The molecule has 5 rings (SSSR count). The van der Waals surface area contributed by atoms with E-state index in [-0.39, 0.29) is 18.6 Å². The first-order chi connectivity index (χ1) is 14.2. The van der Waals surface area contributed by atoms with Gasteiger partial charge >= 0.3 is 0 Å². The van der Waals surface area contributed by atoms with Crippen LogP contribution in [0.15, 0.2) is 55.0 Å². The lowest BCUT2D eigenvalue weighted by molar-refractivity contribution is -0.118. The molecule has 4 heterocycles. The Morgan fingerprint density at radius 2 is 2.00 bits per heavy atom. The molecule has 0 radical (unpaired) electrons. The molecular formula is C21H22N6O2. The molecule has 29 heavy (non-hydrogen) atoms. The average Bonchev–Trinajstić information content (AvgIpc) is 3.35. The van der Waals surface area contributed by atoms with E-state index < -0.39 is 0 Å². The van der Waals surface area contributed by atoms with Crippen LogP contribution < -0.4 is 15.4 Å². The minimum Gasteiger partial charge on any atom is -0.490 e. The molecule has 3 aromatic heterocycles. The van der Waals surface area contributed by atoms with Gasteiger partial charge in [-0.2, -0.15) is 0 Å². The van der Waals surface area contributed by atoms with Crippen LogP contribution in [0.5, 0.6) is 5.75 Å². The fourth-order valence-corrected chi connectivity index (χ4v) is 3.96. The van der Waals surface area contributed by atoms with Crippen molar-refractivity contribution in [3.63, 3.8) is 0 Å². The van der Waals surface area contributed by atoms with Crippen molar-refractivity contribution < 1.29 is 9.53 Å². The fraction of sp³-hybridized carbons (Fsp3) is 0.286. The first-order valence-corrected chi connectivity index (χ1v) is 9.75. The van der Waals surface area contributed by atoms with Gasteiger partial charge in [-0.25, -0.2) is 9.50 Å². The summed E-state index contributed by atoms with van der Waals surface area (Å²) in [6.07, 6.45) is 7.48. The zero-order valence-corrected chi connectivity index (χ0v) is 15.9. The van der Waals surface area contributed by atoms with E-state index in [0.29, 0.717) is 0 Å². The van der Waals surface area contributed by atoms with Crippen molar-refractivity contribution in [1.29, 1.82) is 0 Å². The summed E-state index contributed by atoms with van der Waals surface area (Å²) in [6, 6.07) is 11.9. The van der Waals surface area contributed by atoms with Gasteiger partial charge in [0.25, 0.3) is 0 Å². The number of carbonyl (C=O) groups excluding carboxylic acids is 1. The molecule has 1 aliphatic heterocycles. The Hall–Kier alpha value is -3.55. The maximum atomic E-state index is 11.3. The maximum Gasteiger partial charge on any atom is 0.237 e. The van der Waals surface area contributed by atoms with Gasteiger partial charge in [0.1, 0.15) is 24.2 Å². The van der Waals surface area contributed by atoms with Crippen LogP contribution in [0.1, 0.15) is 12.8 Å². The van der Waals surface area contributed by atoms with Crippen LogP contribution in [-0.2, 0) is 11.3 Å². The molecule has 0 bridgehead atoms. The van der Waals surface area contributed by atoms with Gasteiger partial charge in [-0.3, -0.25) is 4.79 Å². The first-order valence-electron chi connectivity index (χ1n) is 9.75. The number of carbonyl (C=O) groups is 1. The number of nitrogens with zero attached hydrogens (tertiary/aromatic N) is 5. The normalized spacial score (nSPS) is 15.2. The highest BCUT2D eigenvalue weighted by Gasteiger charge is 2.22. The highest BCUT2D eigenvalue weighted by atomic mass is 16.5. The summed E-state index contributed by atoms with van der Waals surface area (Å²) in [4.78, 5) is 17.8. The number of rotatable bonds is 5. The molecule has 0 aliphatic carbocycles. The molecule has 148 valence electrons. The lowest BCUT2D eigenvalue weighted by atomic mass is 10.1. The molecular weight excluding hydrogens is 368 g/mol. The average molecular weight is 390 g/mol. The van der Waals surface area contributed by atoms with Crippen molar-refractivity contribution in [2.24, 2.45) is 5.73 Å². The number of fused-ring (bicyclic) bond motifs is 2. The lowest BCUT2D eigenvalue weighted by Gasteiger charge is -2.33. The number of piperidine rings is 1. The number of aromatic nitrogens is 4. The summed E-state index contributed by atoms with van der Waals surface area (Å²) in [5, 5.41) is 5.64. The molecule has 1 fully saturated rings. The molecule has 1 aromatic carbocycles. The van der Waals surface area contributed by atoms with Gasteiger partial charge < -0.3 is 19.9 Å². The van der Waals surface area contributed by atoms with E-state index in [1.54, 1.807) is 10.7 Å². The van der Waals surface area contributed by atoms with E-state index in [9.17, 15) is 4.79 Å². The third-order valence-electron chi connectivity index (χ3n) is 5.40. The maximum absolute atomic E-state index is 11.3. The fourth-order valence-electron chi connectivity index (χ4n) is 3.96. The standard InChI is InChI=1S/C21H22N6O2/c22-19(28)14-26-12-8-16-17(26)2-1-3-18(16)29-15-6-10-25(11-7-15)21-5-4-20-23-9-13-27(20)24-21/h1-5,8-9,12-13,15H,6-7,10-11,14H2,(H2,22,28). The number of imidazole rings is 1. The third-order valence-corrected chi connectivity index (χ3v) is 5.40. The SMILES string of the molecule is NC(=O)Cn1ccc2c(OC3CCN(c4ccc5nccn5n4)CC3)cccc21. The first kappa shape index (κ1) is 17.5. The number of hydrogen-bond acceptors (Lipinski definition) is 5. The Morgan fingerprint density at radius 3 is 2.83 bits per heavy atom. The summed E-state index contributed by atoms with van der Waals surface area (Å²) < 4.78 is 9.99. The van der Waals surface area contributed by atoms with Crippen molar-refractivity contribution >= 4 is 28.3 Å². The number of primary amides is 1. The van der Waals surface area contributed by atoms with Crippen molar-refractivity contribution in [3.8, 4) is 5.75 Å². The Morgan fingerprint density at radius 1 is 1.14 bits per heavy atom. The Bertz CT molecular complexity index is 1170. The Kier molecular flexibility index (Phi) is 4.31. The predicted octanol–water partition coefficient (Wildman–Crippen LogP) is 2.22. The second kappa shape index (κ2) is 7.12. The summed E-state index contributed by atoms with van der Waals surface area (Å²) in [5.41, 5.74) is 7.15. The highest BCUT2D eigenvalue weighted by molar-refractivity contribution is 5.87. The number of benzene rings is 1. The van der Waals surface area contributed by atoms with Crippen LogP contribution in [0, 0.1) is 0 Å². The van der Waals surface area contributed by atoms with Crippen LogP contribution in [0.2, 0.25) is 0 Å². The van der Waals surface area contributed by atoms with Crippen LogP contribution in [-0.4, -0.2) is 44.3 Å². The molecule has 0 atom stereocenters. The van der Waals surface area contributed by atoms with Crippen molar-refractivity contribution in [3.05, 3.63) is 55.0 Å². The highest BCUT2D eigenvalue weighted by Crippen LogP contribution is 2.29. The summed E-state index contributed by atoms with van der Waals surface area (Å²) in [6.45, 7) is 1.94. The number of anilines is 1. The van der Waals surface area contributed by atoms with Crippen molar-refractivity contribution in [2.45, 2.75) is 25.5 Å². The molecule has 1 amide bonds. The number of hydrogen-bond donors (Lipinski definition) is 1. The zero-order chi connectivity index (χ0) is 19.8. The van der Waals surface area contributed by atoms with E-state index in [1.165, 1.54) is 0 Å². The summed E-state index contributed by atoms with van der Waals surface area (Å²) in [7, 11) is 0. The van der Waals surface area contributed by atoms with Gasteiger partial charge in [0.2, 0.25) is 5.91 Å². The number of amides is 1. The van der Waals surface area contributed by atoms with Crippen molar-refractivity contribution in [1.82, 2.24) is 19.2 Å². The van der Waals surface area contributed by atoms with Gasteiger partial charge in [-0.05, 0) is 30.3 Å². The van der Waals surface area contributed by atoms with E-state index in [0.717, 1.165) is 54.0 Å². The molecule has 8 heteroatoms. The smallest absolute Gasteiger partial charge is 0.237 e. The summed E-state index contributed by atoms with van der Waals surface area (Å²) in [5.74, 6) is 1.45. The monoisotopic (exact) mass is 390 g/mol. The topological polar surface area (TPSA) is 90.7 Å². The van der Waals surface area contributed by atoms with E-state index in [1.807, 2.05) is 53.4 Å². The Labute approximate surface area is 167 Å². The number of nitrogens with two attached hydrogens (primary N) is 1. The second-order valence-corrected chi connectivity index (χ2v) is 7.32. The van der Waals surface area contributed by atoms with Crippen LogP contribution in [0.25, 0.3) is 16.6 Å². The van der Waals surface area contributed by atoms with E-state index in [4.69, 9.17) is 10.5 Å².